The first kappa shape index (κ1) is 15.8. The maximum Gasteiger partial charge on any atom is 0.404 e. The van der Waals surface area contributed by atoms with E-state index >= 15 is 0 Å². The maximum atomic E-state index is 12.3. The number of carbonyl (C=O) groups is 1. The zero-order chi connectivity index (χ0) is 15.3. The van der Waals surface area contributed by atoms with Gasteiger partial charge in [0, 0.05) is 19.6 Å². The van der Waals surface area contributed by atoms with Gasteiger partial charge in [0.25, 0.3) is 0 Å². The normalized spacial score (nSPS) is 17.5. The Morgan fingerprint density at radius 2 is 1.86 bits per heavy atom. The predicted octanol–water partition coefficient (Wildman–Crippen LogP) is 1.50. The van der Waals surface area contributed by atoms with Gasteiger partial charge in [0.15, 0.2) is 0 Å². The zero-order valence-electron chi connectivity index (χ0n) is 11.7. The summed E-state index contributed by atoms with van der Waals surface area (Å²) in [5.41, 5.74) is 0.784. The van der Waals surface area contributed by atoms with Crippen LogP contribution in [-0.2, 0) is 15.8 Å². The van der Waals surface area contributed by atoms with Crippen LogP contribution in [0.1, 0.15) is 18.4 Å². The Labute approximate surface area is 124 Å². The summed E-state index contributed by atoms with van der Waals surface area (Å²) in [6.07, 6.45) is 0.344. The molecule has 0 unspecified atom stereocenters. The summed E-state index contributed by atoms with van der Waals surface area (Å²) in [6, 6.07) is 9.13. The highest BCUT2D eigenvalue weighted by atomic mass is 32.2. The molecule has 0 aliphatic carbocycles. The topological polar surface area (TPSA) is 86.7 Å². The van der Waals surface area contributed by atoms with Crippen molar-refractivity contribution < 1.29 is 18.3 Å². The van der Waals surface area contributed by atoms with E-state index in [1.54, 1.807) is 12.1 Å². The third-order valence-corrected chi connectivity index (χ3v) is 5.55. The molecule has 2 N–H and O–H groups in total. The van der Waals surface area contributed by atoms with Crippen molar-refractivity contribution in [1.82, 2.24) is 9.62 Å². The smallest absolute Gasteiger partial charge is 0.404 e. The number of piperidine rings is 1. The molecule has 1 aromatic carbocycles. The number of benzene rings is 1. The molecule has 1 aromatic rings. The number of hydrogen-bond acceptors (Lipinski definition) is 3. The van der Waals surface area contributed by atoms with Gasteiger partial charge in [-0.3, -0.25) is 0 Å². The summed E-state index contributed by atoms with van der Waals surface area (Å²) in [7, 11) is -3.29. The first-order chi connectivity index (χ1) is 9.97. The summed E-state index contributed by atoms with van der Waals surface area (Å²) < 4.78 is 26.2. The minimum atomic E-state index is -3.29. The minimum Gasteiger partial charge on any atom is -0.465 e. The van der Waals surface area contributed by atoms with Crippen LogP contribution in [-0.4, -0.2) is 43.6 Å². The van der Waals surface area contributed by atoms with Crippen LogP contribution in [0.4, 0.5) is 4.79 Å². The molecule has 0 spiro atoms. The molecule has 1 aliphatic rings. The number of sulfonamides is 1. The second kappa shape index (κ2) is 6.91. The van der Waals surface area contributed by atoms with E-state index in [0.717, 1.165) is 5.56 Å². The van der Waals surface area contributed by atoms with Gasteiger partial charge in [0.05, 0.1) is 5.75 Å². The van der Waals surface area contributed by atoms with Crippen molar-refractivity contribution in [2.45, 2.75) is 18.6 Å². The number of hydrogen-bond donors (Lipinski definition) is 2. The van der Waals surface area contributed by atoms with Gasteiger partial charge in [-0.25, -0.2) is 17.5 Å². The summed E-state index contributed by atoms with van der Waals surface area (Å²) in [5, 5.41) is 10.9. The highest BCUT2D eigenvalue weighted by Crippen LogP contribution is 2.21. The number of nitrogens with one attached hydrogen (secondary N) is 1. The van der Waals surface area contributed by atoms with Crippen LogP contribution in [0.2, 0.25) is 0 Å². The first-order valence-electron chi connectivity index (χ1n) is 6.96. The third kappa shape index (κ3) is 4.71. The number of amides is 1. The molecule has 1 amide bonds. The van der Waals surface area contributed by atoms with Crippen molar-refractivity contribution >= 4 is 16.1 Å². The summed E-state index contributed by atoms with van der Waals surface area (Å²) in [4.78, 5) is 10.5. The molecule has 0 aromatic heterocycles. The van der Waals surface area contributed by atoms with Gasteiger partial charge in [0.1, 0.15) is 0 Å². The van der Waals surface area contributed by atoms with E-state index in [-0.39, 0.29) is 11.7 Å². The van der Waals surface area contributed by atoms with Crippen LogP contribution in [0.3, 0.4) is 0 Å². The average molecular weight is 312 g/mol. The molecule has 0 saturated carbocycles. The molecule has 0 atom stereocenters. The van der Waals surface area contributed by atoms with E-state index in [4.69, 9.17) is 5.11 Å². The molecule has 21 heavy (non-hydrogen) atoms. The Kier molecular flexibility index (Phi) is 5.19. The predicted molar refractivity (Wildman–Crippen MR) is 79.4 cm³/mol. The van der Waals surface area contributed by atoms with E-state index in [1.165, 1.54) is 4.31 Å². The van der Waals surface area contributed by atoms with Crippen LogP contribution in [0.5, 0.6) is 0 Å². The lowest BCUT2D eigenvalue weighted by Crippen LogP contribution is -2.41. The number of nitrogens with zero attached hydrogens (tertiary/aromatic N) is 1. The molecule has 1 saturated heterocycles. The van der Waals surface area contributed by atoms with Crippen molar-refractivity contribution in [3.05, 3.63) is 35.9 Å². The number of carboxylic acid groups (broad SMARTS) is 1. The molecular formula is C14H20N2O4S. The Morgan fingerprint density at radius 3 is 2.43 bits per heavy atom. The van der Waals surface area contributed by atoms with Crippen LogP contribution >= 0.6 is 0 Å². The lowest BCUT2D eigenvalue weighted by molar-refractivity contribution is 0.188. The van der Waals surface area contributed by atoms with Gasteiger partial charge in [-0.05, 0) is 24.3 Å². The van der Waals surface area contributed by atoms with E-state index < -0.39 is 16.1 Å². The molecular weight excluding hydrogens is 292 g/mol. The molecule has 2 rings (SSSR count). The van der Waals surface area contributed by atoms with Crippen molar-refractivity contribution in [1.29, 1.82) is 0 Å². The third-order valence-electron chi connectivity index (χ3n) is 3.70. The Morgan fingerprint density at radius 1 is 1.24 bits per heavy atom. The van der Waals surface area contributed by atoms with Gasteiger partial charge in [-0.15, -0.1) is 0 Å². The Hall–Kier alpha value is -1.60. The monoisotopic (exact) mass is 312 g/mol. The summed E-state index contributed by atoms with van der Waals surface area (Å²) >= 11 is 0. The fourth-order valence-electron chi connectivity index (χ4n) is 2.50. The van der Waals surface area contributed by atoms with Crippen molar-refractivity contribution in [3.8, 4) is 0 Å². The van der Waals surface area contributed by atoms with Gasteiger partial charge in [-0.1, -0.05) is 30.3 Å². The average Bonchev–Trinajstić information content (AvgIpc) is 2.46. The largest absolute Gasteiger partial charge is 0.465 e. The SMILES string of the molecule is O=C(O)NCC1CCN(S(=O)(=O)Cc2ccccc2)CC1. The van der Waals surface area contributed by atoms with Gasteiger partial charge in [0.2, 0.25) is 10.0 Å². The van der Waals surface area contributed by atoms with Crippen molar-refractivity contribution in [2.75, 3.05) is 19.6 Å². The van der Waals surface area contributed by atoms with E-state index in [9.17, 15) is 13.2 Å². The Bertz CT molecular complexity index is 566. The molecule has 0 bridgehead atoms. The second-order valence-corrected chi connectivity index (χ2v) is 7.24. The molecule has 1 fully saturated rings. The number of rotatable bonds is 5. The standard InChI is InChI=1S/C14H20N2O4S/c17-14(18)15-10-12-6-8-16(9-7-12)21(19,20)11-13-4-2-1-3-5-13/h1-5,12,15H,6-11H2,(H,17,18). The van der Waals surface area contributed by atoms with Crippen LogP contribution in [0, 0.1) is 5.92 Å². The highest BCUT2D eigenvalue weighted by molar-refractivity contribution is 7.88. The molecule has 1 heterocycles. The summed E-state index contributed by atoms with van der Waals surface area (Å²) in [5.74, 6) is 0.232. The van der Waals surface area contributed by atoms with Crippen molar-refractivity contribution in [3.63, 3.8) is 0 Å². The second-order valence-electron chi connectivity index (χ2n) is 5.27. The summed E-state index contributed by atoms with van der Waals surface area (Å²) in [6.45, 7) is 1.31. The fourth-order valence-corrected chi connectivity index (χ4v) is 4.06. The van der Waals surface area contributed by atoms with Crippen molar-refractivity contribution in [2.24, 2.45) is 5.92 Å². The Balaban J connectivity index is 1.87. The van der Waals surface area contributed by atoms with E-state index in [1.807, 2.05) is 18.2 Å². The van der Waals surface area contributed by atoms with E-state index in [0.29, 0.717) is 32.5 Å². The fraction of sp³-hybridized carbons (Fsp3) is 0.500. The van der Waals surface area contributed by atoms with Crippen LogP contribution in [0.15, 0.2) is 30.3 Å². The molecule has 0 radical (unpaired) electrons. The van der Waals surface area contributed by atoms with Crippen LogP contribution < -0.4 is 5.32 Å². The van der Waals surface area contributed by atoms with E-state index in [2.05, 4.69) is 5.32 Å². The van der Waals surface area contributed by atoms with Gasteiger partial charge < -0.3 is 10.4 Å². The first-order valence-corrected chi connectivity index (χ1v) is 8.57. The molecule has 116 valence electrons. The molecule has 6 nitrogen and oxygen atoms in total. The molecule has 7 heteroatoms. The minimum absolute atomic E-state index is 0.0197. The van der Waals surface area contributed by atoms with Gasteiger partial charge in [-0.2, -0.15) is 0 Å². The molecule has 1 aliphatic heterocycles. The maximum absolute atomic E-state index is 12.3. The quantitative estimate of drug-likeness (QED) is 0.862. The highest BCUT2D eigenvalue weighted by Gasteiger charge is 2.28. The van der Waals surface area contributed by atoms with Crippen LogP contribution in [0.25, 0.3) is 0 Å². The lowest BCUT2D eigenvalue weighted by atomic mass is 9.98. The van der Waals surface area contributed by atoms with Gasteiger partial charge >= 0.3 is 6.09 Å². The zero-order valence-corrected chi connectivity index (χ0v) is 12.6. The lowest BCUT2D eigenvalue weighted by Gasteiger charge is -2.31.